The van der Waals surface area contributed by atoms with E-state index in [1.165, 1.54) is 22.8 Å². The van der Waals surface area contributed by atoms with Crippen molar-refractivity contribution < 1.29 is 4.74 Å². The van der Waals surface area contributed by atoms with Crippen LogP contribution in [-0.4, -0.2) is 19.1 Å². The van der Waals surface area contributed by atoms with Crippen LogP contribution in [0.1, 0.15) is 18.4 Å². The summed E-state index contributed by atoms with van der Waals surface area (Å²) in [4.78, 5) is 0. The van der Waals surface area contributed by atoms with Gasteiger partial charge in [-0.05, 0) is 35.6 Å². The Bertz CT molecular complexity index is 553. The average Bonchev–Trinajstić information content (AvgIpc) is 2.49. The van der Waals surface area contributed by atoms with Gasteiger partial charge in [0.15, 0.2) is 0 Å². The molecule has 100 valence electrons. The molecule has 0 bridgehead atoms. The molecule has 0 aliphatic carbocycles. The lowest BCUT2D eigenvalue weighted by atomic mass is 9.78. The first-order valence-corrected chi connectivity index (χ1v) is 7.47. The van der Waals surface area contributed by atoms with Crippen molar-refractivity contribution in [1.29, 1.82) is 0 Å². The number of benzene rings is 2. The molecular weight excluding hydrogens is 256 g/mol. The highest BCUT2D eigenvalue weighted by Gasteiger charge is 2.32. The van der Waals surface area contributed by atoms with Gasteiger partial charge in [0.1, 0.15) is 0 Å². The minimum atomic E-state index is 0.115. The van der Waals surface area contributed by atoms with E-state index in [0.717, 1.165) is 26.1 Å². The Morgan fingerprint density at radius 3 is 2.74 bits per heavy atom. The lowest BCUT2D eigenvalue weighted by Gasteiger charge is -2.35. The van der Waals surface area contributed by atoms with Gasteiger partial charge < -0.3 is 4.74 Å². The van der Waals surface area contributed by atoms with Crippen LogP contribution in [0.3, 0.4) is 0 Å². The fraction of sp³-hybridized carbons (Fsp3) is 0.412. The quantitative estimate of drug-likeness (QED) is 0.753. The fourth-order valence-corrected chi connectivity index (χ4v) is 3.36. The van der Waals surface area contributed by atoms with Gasteiger partial charge in [-0.1, -0.05) is 42.5 Å². The van der Waals surface area contributed by atoms with Crippen molar-refractivity contribution in [2.75, 3.05) is 19.1 Å². The Kier molecular flexibility index (Phi) is 3.76. The first-order chi connectivity index (χ1) is 9.33. The van der Waals surface area contributed by atoms with Gasteiger partial charge in [0, 0.05) is 17.9 Å². The number of halogens is 1. The molecule has 2 aromatic rings. The number of alkyl halides is 1. The molecule has 3 rings (SSSR count). The molecule has 1 atom stereocenters. The van der Waals surface area contributed by atoms with Gasteiger partial charge in [-0.3, -0.25) is 0 Å². The fourth-order valence-electron chi connectivity index (χ4n) is 3.05. The number of hydrogen-bond donors (Lipinski definition) is 0. The van der Waals surface area contributed by atoms with E-state index in [0.29, 0.717) is 5.88 Å². The normalized spacial score (nSPS) is 23.6. The van der Waals surface area contributed by atoms with Crippen LogP contribution in [0, 0.1) is 5.41 Å². The van der Waals surface area contributed by atoms with E-state index in [4.69, 9.17) is 16.3 Å². The van der Waals surface area contributed by atoms with Crippen molar-refractivity contribution in [1.82, 2.24) is 0 Å². The molecule has 1 aliphatic heterocycles. The van der Waals surface area contributed by atoms with Crippen molar-refractivity contribution >= 4 is 22.4 Å². The highest BCUT2D eigenvalue weighted by atomic mass is 35.5. The third-order valence-corrected chi connectivity index (χ3v) is 4.70. The predicted octanol–water partition coefficient (Wildman–Crippen LogP) is 4.42. The zero-order valence-corrected chi connectivity index (χ0v) is 11.8. The van der Waals surface area contributed by atoms with Crippen molar-refractivity contribution in [3.63, 3.8) is 0 Å². The molecule has 2 aromatic carbocycles. The zero-order valence-electron chi connectivity index (χ0n) is 11.1. The molecule has 1 nitrogen and oxygen atoms in total. The molecule has 0 radical (unpaired) electrons. The Morgan fingerprint density at radius 2 is 1.95 bits per heavy atom. The number of fused-ring (bicyclic) bond motifs is 1. The third kappa shape index (κ3) is 2.63. The highest BCUT2D eigenvalue weighted by Crippen LogP contribution is 2.35. The molecule has 1 aliphatic rings. The number of hydrogen-bond acceptors (Lipinski definition) is 1. The van der Waals surface area contributed by atoms with Crippen molar-refractivity contribution in [2.24, 2.45) is 5.41 Å². The SMILES string of the molecule is ClCC1(Cc2cccc3ccccc23)CCCOC1. The molecule has 1 fully saturated rings. The minimum absolute atomic E-state index is 0.115. The largest absolute Gasteiger partial charge is 0.381 e. The third-order valence-electron chi connectivity index (χ3n) is 4.13. The van der Waals surface area contributed by atoms with E-state index >= 15 is 0 Å². The van der Waals surface area contributed by atoms with Crippen LogP contribution < -0.4 is 0 Å². The molecule has 1 unspecified atom stereocenters. The van der Waals surface area contributed by atoms with Gasteiger partial charge >= 0.3 is 0 Å². The molecule has 2 heteroatoms. The van der Waals surface area contributed by atoms with Crippen molar-refractivity contribution in [3.8, 4) is 0 Å². The smallest absolute Gasteiger partial charge is 0.0537 e. The lowest BCUT2D eigenvalue weighted by molar-refractivity contribution is 0.00493. The van der Waals surface area contributed by atoms with Crippen LogP contribution in [0.25, 0.3) is 10.8 Å². The van der Waals surface area contributed by atoms with Crippen LogP contribution in [-0.2, 0) is 11.2 Å². The van der Waals surface area contributed by atoms with E-state index in [1.807, 2.05) is 0 Å². The first kappa shape index (κ1) is 13.0. The van der Waals surface area contributed by atoms with Crippen LogP contribution in [0.2, 0.25) is 0 Å². The summed E-state index contributed by atoms with van der Waals surface area (Å²) in [6, 6.07) is 15.1. The van der Waals surface area contributed by atoms with E-state index < -0.39 is 0 Å². The van der Waals surface area contributed by atoms with Crippen LogP contribution in [0.4, 0.5) is 0 Å². The second kappa shape index (κ2) is 5.52. The number of rotatable bonds is 3. The van der Waals surface area contributed by atoms with Gasteiger partial charge in [-0.15, -0.1) is 11.6 Å². The van der Waals surface area contributed by atoms with E-state index in [1.54, 1.807) is 0 Å². The van der Waals surface area contributed by atoms with Gasteiger partial charge in [0.05, 0.1) is 6.61 Å². The predicted molar refractivity (Wildman–Crippen MR) is 80.9 cm³/mol. The Labute approximate surface area is 119 Å². The lowest BCUT2D eigenvalue weighted by Crippen LogP contribution is -2.35. The average molecular weight is 275 g/mol. The van der Waals surface area contributed by atoms with Crippen molar-refractivity contribution in [3.05, 3.63) is 48.0 Å². The standard InChI is InChI=1S/C17H19ClO/c18-12-17(9-4-10-19-13-17)11-15-7-3-6-14-5-1-2-8-16(14)15/h1-3,5-8H,4,9-13H2. The Morgan fingerprint density at radius 1 is 1.11 bits per heavy atom. The summed E-state index contributed by atoms with van der Waals surface area (Å²) >= 11 is 6.26. The van der Waals surface area contributed by atoms with Gasteiger partial charge in [-0.25, -0.2) is 0 Å². The molecule has 0 saturated carbocycles. The molecular formula is C17H19ClO. The highest BCUT2D eigenvalue weighted by molar-refractivity contribution is 6.18. The maximum Gasteiger partial charge on any atom is 0.0537 e. The van der Waals surface area contributed by atoms with Crippen LogP contribution >= 0.6 is 11.6 Å². The second-order valence-corrected chi connectivity index (χ2v) is 5.87. The Hall–Kier alpha value is -1.05. The topological polar surface area (TPSA) is 9.23 Å². The summed E-state index contributed by atoms with van der Waals surface area (Å²) in [5.41, 5.74) is 1.51. The molecule has 1 saturated heterocycles. The summed E-state index contributed by atoms with van der Waals surface area (Å²) in [6.45, 7) is 1.67. The van der Waals surface area contributed by atoms with E-state index in [2.05, 4.69) is 42.5 Å². The maximum absolute atomic E-state index is 6.26. The second-order valence-electron chi connectivity index (χ2n) is 5.60. The number of ether oxygens (including phenoxy) is 1. The summed E-state index contributed by atoms with van der Waals surface area (Å²) in [6.07, 6.45) is 3.30. The summed E-state index contributed by atoms with van der Waals surface area (Å²) in [5.74, 6) is 0.677. The van der Waals surface area contributed by atoms with Crippen LogP contribution in [0.5, 0.6) is 0 Å². The van der Waals surface area contributed by atoms with Gasteiger partial charge in [-0.2, -0.15) is 0 Å². The summed E-state index contributed by atoms with van der Waals surface area (Å²) < 4.78 is 5.68. The zero-order chi connectivity index (χ0) is 13.1. The molecule has 0 spiro atoms. The monoisotopic (exact) mass is 274 g/mol. The summed E-state index contributed by atoms with van der Waals surface area (Å²) in [7, 11) is 0. The molecule has 1 heterocycles. The van der Waals surface area contributed by atoms with Crippen molar-refractivity contribution in [2.45, 2.75) is 19.3 Å². The molecule has 0 amide bonds. The van der Waals surface area contributed by atoms with E-state index in [-0.39, 0.29) is 5.41 Å². The Balaban J connectivity index is 1.96. The van der Waals surface area contributed by atoms with Gasteiger partial charge in [0.2, 0.25) is 0 Å². The summed E-state index contributed by atoms with van der Waals surface area (Å²) in [5, 5.41) is 2.65. The van der Waals surface area contributed by atoms with E-state index in [9.17, 15) is 0 Å². The van der Waals surface area contributed by atoms with Crippen LogP contribution in [0.15, 0.2) is 42.5 Å². The minimum Gasteiger partial charge on any atom is -0.381 e. The molecule has 19 heavy (non-hydrogen) atoms. The maximum atomic E-state index is 6.26. The van der Waals surface area contributed by atoms with Gasteiger partial charge in [0.25, 0.3) is 0 Å². The molecule has 0 N–H and O–H groups in total. The first-order valence-electron chi connectivity index (χ1n) is 6.93. The molecule has 0 aromatic heterocycles.